The van der Waals surface area contributed by atoms with E-state index in [2.05, 4.69) is 74.6 Å². The van der Waals surface area contributed by atoms with E-state index in [0.29, 0.717) is 23.9 Å². The standard InChI is InChI=1S/C47H84NO8P/c1-6-8-10-12-14-16-18-20-22-23-24-25-26-28-29-31-33-35-37-39-46(49)53-43-45(44-55-57(51,52)54-42-41-48(3,4)5)56-47(50)40-38-36-34-32-30-27-21-19-17-15-13-11-9-7-2/h8,10,14,16,20,22,24-25,28-29,45H,6-7,9,11-13,15,17-19,21,23,26-27,30-44H2,1-5H3/p+1/b10-8-,16-14-,22-20-,25-24-,29-28-/t45-/m1/s1. The first-order chi connectivity index (χ1) is 27.5. The summed E-state index contributed by atoms with van der Waals surface area (Å²) in [5.41, 5.74) is 0. The van der Waals surface area contributed by atoms with E-state index >= 15 is 0 Å². The molecular formula is C47H85NO8P+. The van der Waals surface area contributed by atoms with Gasteiger partial charge in [0, 0.05) is 12.8 Å². The molecule has 0 bridgehead atoms. The number of nitrogens with zero attached hydrogens (tertiary/aromatic N) is 1. The maximum Gasteiger partial charge on any atom is 0.472 e. The van der Waals surface area contributed by atoms with Gasteiger partial charge >= 0.3 is 19.8 Å². The van der Waals surface area contributed by atoms with Gasteiger partial charge in [-0.1, -0.05) is 164 Å². The Balaban J connectivity index is 4.40. The summed E-state index contributed by atoms with van der Waals surface area (Å²) in [6, 6.07) is 0. The Morgan fingerprint density at radius 1 is 0.561 bits per heavy atom. The molecule has 0 aliphatic carbocycles. The van der Waals surface area contributed by atoms with E-state index in [1.807, 2.05) is 21.1 Å². The van der Waals surface area contributed by atoms with E-state index in [9.17, 15) is 19.0 Å². The van der Waals surface area contributed by atoms with Gasteiger partial charge in [0.05, 0.1) is 27.7 Å². The topological polar surface area (TPSA) is 108 Å². The summed E-state index contributed by atoms with van der Waals surface area (Å²) in [5, 5.41) is 0. The summed E-state index contributed by atoms with van der Waals surface area (Å²) < 4.78 is 34.3. The van der Waals surface area contributed by atoms with Crippen LogP contribution in [-0.4, -0.2) is 74.9 Å². The first kappa shape index (κ1) is 54.7. The smallest absolute Gasteiger partial charge is 0.462 e. The Bertz CT molecular complexity index is 1160. The molecule has 0 spiro atoms. The van der Waals surface area contributed by atoms with E-state index in [-0.39, 0.29) is 26.1 Å². The lowest BCUT2D eigenvalue weighted by Gasteiger charge is -2.24. The van der Waals surface area contributed by atoms with E-state index in [4.69, 9.17) is 18.5 Å². The molecule has 0 amide bonds. The SMILES string of the molecule is CC/C=C\C/C=C\C/C=C\C/C=C\C/C=C\CCCCCC(=O)OC[C@H](COP(=O)(O)OCC[N+](C)(C)C)OC(=O)CCCCCCCCCCCCCCCC. The lowest BCUT2D eigenvalue weighted by molar-refractivity contribution is -0.870. The highest BCUT2D eigenvalue weighted by Crippen LogP contribution is 2.43. The molecule has 0 aliphatic rings. The van der Waals surface area contributed by atoms with Crippen LogP contribution in [0.5, 0.6) is 0 Å². The predicted octanol–water partition coefficient (Wildman–Crippen LogP) is 12.9. The average Bonchev–Trinajstić information content (AvgIpc) is 3.16. The van der Waals surface area contributed by atoms with Crippen molar-refractivity contribution in [2.24, 2.45) is 0 Å². The predicted molar refractivity (Wildman–Crippen MR) is 238 cm³/mol. The van der Waals surface area contributed by atoms with Crippen LogP contribution in [0.2, 0.25) is 0 Å². The fourth-order valence-electron chi connectivity index (χ4n) is 5.80. The van der Waals surface area contributed by atoms with Crippen molar-refractivity contribution in [2.45, 2.75) is 180 Å². The van der Waals surface area contributed by atoms with Gasteiger partial charge in [-0.25, -0.2) is 4.57 Å². The summed E-state index contributed by atoms with van der Waals surface area (Å²) in [6.45, 7) is 4.27. The van der Waals surface area contributed by atoms with E-state index in [1.54, 1.807) is 0 Å². The van der Waals surface area contributed by atoms with Crippen LogP contribution in [0.1, 0.15) is 174 Å². The molecule has 0 saturated carbocycles. The van der Waals surface area contributed by atoms with Crippen molar-refractivity contribution in [1.82, 2.24) is 0 Å². The van der Waals surface area contributed by atoms with Crippen molar-refractivity contribution in [2.75, 3.05) is 47.5 Å². The molecule has 0 aromatic rings. The number of quaternary nitrogens is 1. The zero-order valence-electron chi connectivity index (χ0n) is 37.1. The number of ether oxygens (including phenoxy) is 2. The van der Waals surface area contributed by atoms with Crippen LogP contribution < -0.4 is 0 Å². The number of allylic oxidation sites excluding steroid dienone is 10. The fraction of sp³-hybridized carbons (Fsp3) is 0.745. The van der Waals surface area contributed by atoms with Crippen molar-refractivity contribution in [3.8, 4) is 0 Å². The maximum atomic E-state index is 12.7. The van der Waals surface area contributed by atoms with Gasteiger partial charge in [0.25, 0.3) is 0 Å². The van der Waals surface area contributed by atoms with Crippen molar-refractivity contribution in [1.29, 1.82) is 0 Å². The molecule has 0 fully saturated rings. The van der Waals surface area contributed by atoms with E-state index < -0.39 is 32.5 Å². The molecule has 57 heavy (non-hydrogen) atoms. The van der Waals surface area contributed by atoms with Crippen molar-refractivity contribution < 1.29 is 42.1 Å². The second kappa shape index (κ2) is 39.2. The minimum absolute atomic E-state index is 0.0247. The molecule has 1 unspecified atom stereocenters. The largest absolute Gasteiger partial charge is 0.472 e. The van der Waals surface area contributed by atoms with E-state index in [1.165, 1.54) is 70.6 Å². The molecular weight excluding hydrogens is 737 g/mol. The van der Waals surface area contributed by atoms with Crippen LogP contribution in [0.3, 0.4) is 0 Å². The molecule has 0 radical (unpaired) electrons. The van der Waals surface area contributed by atoms with Crippen LogP contribution in [0.25, 0.3) is 0 Å². The normalized spacial score (nSPS) is 14.1. The number of likely N-dealkylation sites (N-methyl/N-ethyl adjacent to an activating group) is 1. The molecule has 0 aromatic carbocycles. The minimum atomic E-state index is -4.38. The summed E-state index contributed by atoms with van der Waals surface area (Å²) in [4.78, 5) is 35.4. The molecule has 1 N–H and O–H groups in total. The van der Waals surface area contributed by atoms with Gasteiger partial charge in [-0.05, 0) is 57.8 Å². The number of carbonyl (C=O) groups excluding carboxylic acids is 2. The van der Waals surface area contributed by atoms with Gasteiger partial charge in [-0.15, -0.1) is 0 Å². The van der Waals surface area contributed by atoms with Crippen molar-refractivity contribution in [3.05, 3.63) is 60.8 Å². The summed E-state index contributed by atoms with van der Waals surface area (Å²) in [5.74, 6) is -0.836. The number of hydrogen-bond acceptors (Lipinski definition) is 7. The molecule has 10 heteroatoms. The third-order valence-corrected chi connectivity index (χ3v) is 10.3. The van der Waals surface area contributed by atoms with Gasteiger partial charge in [-0.2, -0.15) is 0 Å². The zero-order chi connectivity index (χ0) is 42.1. The molecule has 0 saturated heterocycles. The Hall–Kier alpha value is -2.29. The summed E-state index contributed by atoms with van der Waals surface area (Å²) >= 11 is 0. The molecule has 0 aromatic heterocycles. The molecule has 0 heterocycles. The number of esters is 2. The fourth-order valence-corrected chi connectivity index (χ4v) is 6.55. The monoisotopic (exact) mass is 823 g/mol. The van der Waals surface area contributed by atoms with E-state index in [0.717, 1.165) is 64.2 Å². The molecule has 2 atom stereocenters. The minimum Gasteiger partial charge on any atom is -0.462 e. The highest BCUT2D eigenvalue weighted by atomic mass is 31.2. The second-order valence-electron chi connectivity index (χ2n) is 16.1. The highest BCUT2D eigenvalue weighted by molar-refractivity contribution is 7.47. The summed E-state index contributed by atoms with van der Waals surface area (Å²) in [7, 11) is 1.45. The van der Waals surface area contributed by atoms with Gasteiger partial charge < -0.3 is 18.9 Å². The van der Waals surface area contributed by atoms with Gasteiger partial charge in [-0.3, -0.25) is 18.6 Å². The van der Waals surface area contributed by atoms with Crippen molar-refractivity contribution >= 4 is 19.8 Å². The third-order valence-electron chi connectivity index (χ3n) is 9.31. The maximum absolute atomic E-state index is 12.7. The Morgan fingerprint density at radius 3 is 1.49 bits per heavy atom. The van der Waals surface area contributed by atoms with Crippen LogP contribution in [0.15, 0.2) is 60.8 Å². The second-order valence-corrected chi connectivity index (χ2v) is 17.5. The Kier molecular flexibility index (Phi) is 37.6. The van der Waals surface area contributed by atoms with Gasteiger partial charge in [0.15, 0.2) is 6.10 Å². The number of phosphoric ester groups is 1. The lowest BCUT2D eigenvalue weighted by Crippen LogP contribution is -2.37. The lowest BCUT2D eigenvalue weighted by atomic mass is 10.0. The Morgan fingerprint density at radius 2 is 1.00 bits per heavy atom. The number of unbranched alkanes of at least 4 members (excludes halogenated alkanes) is 16. The number of hydrogen-bond donors (Lipinski definition) is 1. The number of rotatable bonds is 40. The first-order valence-electron chi connectivity index (χ1n) is 22.5. The molecule has 0 rings (SSSR count). The first-order valence-corrected chi connectivity index (χ1v) is 24.0. The zero-order valence-corrected chi connectivity index (χ0v) is 38.0. The summed E-state index contributed by atoms with van der Waals surface area (Å²) in [6.07, 6.45) is 46.9. The number of phosphoric acid groups is 1. The van der Waals surface area contributed by atoms with Gasteiger partial charge in [0.1, 0.15) is 19.8 Å². The average molecular weight is 823 g/mol. The number of carbonyl (C=O) groups is 2. The highest BCUT2D eigenvalue weighted by Gasteiger charge is 2.27. The van der Waals surface area contributed by atoms with Crippen LogP contribution >= 0.6 is 7.82 Å². The molecule has 0 aliphatic heterocycles. The van der Waals surface area contributed by atoms with Crippen LogP contribution in [0, 0.1) is 0 Å². The van der Waals surface area contributed by atoms with Crippen LogP contribution in [-0.2, 0) is 32.7 Å². The quantitative estimate of drug-likeness (QED) is 0.0214. The van der Waals surface area contributed by atoms with Crippen molar-refractivity contribution in [3.63, 3.8) is 0 Å². The van der Waals surface area contributed by atoms with Gasteiger partial charge in [0.2, 0.25) is 0 Å². The van der Waals surface area contributed by atoms with Crippen LogP contribution in [0.4, 0.5) is 0 Å². The molecule has 9 nitrogen and oxygen atoms in total. The Labute approximate surface area is 349 Å². The molecule has 330 valence electrons. The third kappa shape index (κ3) is 43.1.